The number of Topliss-reactive ketones (excluding diaryl/α,β-unsaturated/α-hetero) is 1. The van der Waals surface area contributed by atoms with Crippen molar-refractivity contribution in [3.05, 3.63) is 73.5 Å². The van der Waals surface area contributed by atoms with Crippen LogP contribution in [0.3, 0.4) is 0 Å². The molecule has 2 heterocycles. The summed E-state index contributed by atoms with van der Waals surface area (Å²) < 4.78 is 14.2. The molecule has 0 saturated heterocycles. The molecule has 122 valence electrons. The van der Waals surface area contributed by atoms with E-state index >= 15 is 0 Å². The number of halogens is 2. The molecule has 0 aliphatic heterocycles. The largest absolute Gasteiger partial charge is 0.360 e. The number of carbonyl (C=O) groups excluding carboxylic acids is 1. The molecule has 0 amide bonds. The standard InChI is InChI=1S/C15H9ClFN3O4/c16-12-4-9(20(23)24)6-19(15(12)22)7-14(21)11-5-18-13-2-1-8(17)3-10(11)13/h1-6,18H,7H2. The third kappa shape index (κ3) is 2.79. The number of fused-ring (bicyclic) bond motifs is 1. The molecule has 7 nitrogen and oxygen atoms in total. The second-order valence-corrected chi connectivity index (χ2v) is 5.46. The Morgan fingerprint density at radius 1 is 1.38 bits per heavy atom. The van der Waals surface area contributed by atoms with Crippen molar-refractivity contribution in [2.45, 2.75) is 6.54 Å². The fraction of sp³-hybridized carbons (Fsp3) is 0.0667. The third-order valence-electron chi connectivity index (χ3n) is 3.50. The minimum atomic E-state index is -0.721. The van der Waals surface area contributed by atoms with Crippen molar-refractivity contribution >= 4 is 34.0 Å². The summed E-state index contributed by atoms with van der Waals surface area (Å²) in [5, 5.41) is 10.8. The van der Waals surface area contributed by atoms with Crippen molar-refractivity contribution in [3.63, 3.8) is 0 Å². The predicted molar refractivity (Wildman–Crippen MR) is 85.0 cm³/mol. The zero-order valence-corrected chi connectivity index (χ0v) is 12.7. The van der Waals surface area contributed by atoms with Gasteiger partial charge in [0.15, 0.2) is 5.78 Å². The lowest BCUT2D eigenvalue weighted by atomic mass is 10.1. The van der Waals surface area contributed by atoms with Crippen LogP contribution >= 0.6 is 11.6 Å². The van der Waals surface area contributed by atoms with E-state index in [1.54, 1.807) is 0 Å². The number of nitro groups is 1. The van der Waals surface area contributed by atoms with Crippen LogP contribution in [0.2, 0.25) is 5.02 Å². The van der Waals surface area contributed by atoms with Gasteiger partial charge in [0.25, 0.3) is 11.2 Å². The smallest absolute Gasteiger partial charge is 0.287 e. The van der Waals surface area contributed by atoms with Gasteiger partial charge in [0.05, 0.1) is 17.7 Å². The molecule has 0 fully saturated rings. The topological polar surface area (TPSA) is 98.0 Å². The first-order chi connectivity index (χ1) is 11.4. The molecule has 1 aromatic carbocycles. The number of benzene rings is 1. The molecule has 24 heavy (non-hydrogen) atoms. The monoisotopic (exact) mass is 349 g/mol. The lowest BCUT2D eigenvalue weighted by molar-refractivity contribution is -0.385. The summed E-state index contributed by atoms with van der Waals surface area (Å²) in [5.41, 5.74) is -0.387. The van der Waals surface area contributed by atoms with Crippen LogP contribution in [-0.4, -0.2) is 20.3 Å². The van der Waals surface area contributed by atoms with Crippen LogP contribution in [0.25, 0.3) is 10.9 Å². The summed E-state index contributed by atoms with van der Waals surface area (Å²) in [6.45, 7) is -0.455. The van der Waals surface area contributed by atoms with Gasteiger partial charge >= 0.3 is 0 Å². The van der Waals surface area contributed by atoms with Gasteiger partial charge in [0, 0.05) is 28.7 Å². The second kappa shape index (κ2) is 5.89. The molecule has 3 rings (SSSR count). The van der Waals surface area contributed by atoms with Crippen LogP contribution < -0.4 is 5.56 Å². The van der Waals surface area contributed by atoms with Crippen molar-refractivity contribution < 1.29 is 14.1 Å². The van der Waals surface area contributed by atoms with E-state index in [1.165, 1.54) is 24.4 Å². The number of nitrogens with zero attached hydrogens (tertiary/aromatic N) is 2. The second-order valence-electron chi connectivity index (χ2n) is 5.05. The Morgan fingerprint density at radius 3 is 2.83 bits per heavy atom. The number of aromatic amines is 1. The number of hydrogen-bond donors (Lipinski definition) is 1. The van der Waals surface area contributed by atoms with Gasteiger partial charge in [-0.25, -0.2) is 4.39 Å². The highest BCUT2D eigenvalue weighted by molar-refractivity contribution is 6.30. The summed E-state index contributed by atoms with van der Waals surface area (Å²) >= 11 is 5.68. The fourth-order valence-electron chi connectivity index (χ4n) is 2.37. The summed E-state index contributed by atoms with van der Waals surface area (Å²) in [6.07, 6.45) is 2.35. The Balaban J connectivity index is 2.02. The average molecular weight is 350 g/mol. The zero-order chi connectivity index (χ0) is 17.4. The molecule has 0 aliphatic rings. The van der Waals surface area contributed by atoms with Gasteiger partial charge in [0.1, 0.15) is 10.8 Å². The molecule has 1 N–H and O–H groups in total. The highest BCUT2D eigenvalue weighted by Gasteiger charge is 2.17. The van der Waals surface area contributed by atoms with Gasteiger partial charge < -0.3 is 4.98 Å². The first-order valence-electron chi connectivity index (χ1n) is 6.71. The van der Waals surface area contributed by atoms with Gasteiger partial charge in [-0.05, 0) is 18.2 Å². The Bertz CT molecular complexity index is 1040. The Labute approximate surface area is 138 Å². The maximum Gasteiger partial charge on any atom is 0.287 e. The number of aromatic nitrogens is 2. The summed E-state index contributed by atoms with van der Waals surface area (Å²) in [4.78, 5) is 37.3. The van der Waals surface area contributed by atoms with Crippen molar-refractivity contribution in [3.8, 4) is 0 Å². The van der Waals surface area contributed by atoms with Gasteiger partial charge in [-0.3, -0.25) is 24.3 Å². The number of ketones is 1. The summed E-state index contributed by atoms with van der Waals surface area (Å²) in [5.74, 6) is -1.02. The highest BCUT2D eigenvalue weighted by atomic mass is 35.5. The lowest BCUT2D eigenvalue weighted by Crippen LogP contribution is -2.24. The molecule has 0 radical (unpaired) electrons. The number of H-pyrrole nitrogens is 1. The maximum absolute atomic E-state index is 13.4. The Kier molecular flexibility index (Phi) is 3.90. The molecule has 0 atom stereocenters. The summed E-state index contributed by atoms with van der Waals surface area (Å²) in [6, 6.07) is 4.85. The zero-order valence-electron chi connectivity index (χ0n) is 12.0. The predicted octanol–water partition coefficient (Wildman–Crippen LogP) is 2.91. The normalized spacial score (nSPS) is 10.9. The van der Waals surface area contributed by atoms with Gasteiger partial charge in [-0.1, -0.05) is 11.6 Å². The van der Waals surface area contributed by atoms with Crippen molar-refractivity contribution in [2.75, 3.05) is 0 Å². The molecule has 0 saturated carbocycles. The average Bonchev–Trinajstić information content (AvgIpc) is 2.94. The quantitative estimate of drug-likeness (QED) is 0.445. The number of carbonyl (C=O) groups is 1. The fourth-order valence-corrected chi connectivity index (χ4v) is 2.59. The lowest BCUT2D eigenvalue weighted by Gasteiger charge is -2.05. The van der Waals surface area contributed by atoms with Gasteiger partial charge in [0.2, 0.25) is 0 Å². The van der Waals surface area contributed by atoms with E-state index < -0.39 is 34.3 Å². The molecule has 0 unspecified atom stereocenters. The van der Waals surface area contributed by atoms with Gasteiger partial charge in [-0.2, -0.15) is 0 Å². The SMILES string of the molecule is O=C(Cn1cc([N+](=O)[O-])cc(Cl)c1=O)c1c[nH]c2ccc(F)cc12. The van der Waals surface area contributed by atoms with Crippen LogP contribution in [0.5, 0.6) is 0 Å². The van der Waals surface area contributed by atoms with E-state index in [0.29, 0.717) is 10.9 Å². The van der Waals surface area contributed by atoms with Crippen LogP contribution in [-0.2, 0) is 6.54 Å². The van der Waals surface area contributed by atoms with Crippen LogP contribution in [0, 0.1) is 15.9 Å². The van der Waals surface area contributed by atoms with Crippen molar-refractivity contribution in [2.24, 2.45) is 0 Å². The number of rotatable bonds is 4. The molecule has 0 bridgehead atoms. The number of nitrogens with one attached hydrogen (secondary N) is 1. The van der Waals surface area contributed by atoms with Crippen LogP contribution in [0.1, 0.15) is 10.4 Å². The highest BCUT2D eigenvalue weighted by Crippen LogP contribution is 2.21. The minimum Gasteiger partial charge on any atom is -0.360 e. The van der Waals surface area contributed by atoms with E-state index in [-0.39, 0.29) is 10.6 Å². The molecule has 0 aliphatic carbocycles. The molecule has 9 heteroatoms. The minimum absolute atomic E-state index is 0.180. The van der Waals surface area contributed by atoms with E-state index in [4.69, 9.17) is 11.6 Å². The molecule has 3 aromatic rings. The first kappa shape index (κ1) is 15.9. The molecular weight excluding hydrogens is 341 g/mol. The third-order valence-corrected chi connectivity index (χ3v) is 3.77. The maximum atomic E-state index is 13.4. The van der Waals surface area contributed by atoms with E-state index in [0.717, 1.165) is 16.8 Å². The van der Waals surface area contributed by atoms with Crippen LogP contribution in [0.15, 0.2) is 41.5 Å². The molecular formula is C15H9ClFN3O4. The van der Waals surface area contributed by atoms with E-state index in [2.05, 4.69) is 4.98 Å². The number of hydrogen-bond acceptors (Lipinski definition) is 4. The van der Waals surface area contributed by atoms with Crippen molar-refractivity contribution in [1.29, 1.82) is 0 Å². The van der Waals surface area contributed by atoms with Crippen molar-refractivity contribution in [1.82, 2.24) is 9.55 Å². The van der Waals surface area contributed by atoms with E-state index in [1.807, 2.05) is 0 Å². The number of pyridine rings is 1. The molecule has 0 spiro atoms. The first-order valence-corrected chi connectivity index (χ1v) is 7.09. The van der Waals surface area contributed by atoms with Crippen LogP contribution in [0.4, 0.5) is 10.1 Å². The van der Waals surface area contributed by atoms with Gasteiger partial charge in [-0.15, -0.1) is 0 Å². The summed E-state index contributed by atoms with van der Waals surface area (Å²) in [7, 11) is 0. The van der Waals surface area contributed by atoms with E-state index in [9.17, 15) is 24.1 Å². The Morgan fingerprint density at radius 2 is 2.12 bits per heavy atom. The Hall–Kier alpha value is -3.00. The molecule has 2 aromatic heterocycles.